The van der Waals surface area contributed by atoms with Gasteiger partial charge in [0.15, 0.2) is 0 Å². The van der Waals surface area contributed by atoms with Crippen molar-refractivity contribution in [1.82, 2.24) is 5.32 Å². The third-order valence-electron chi connectivity index (χ3n) is 2.59. The molecule has 86 valence electrons. The molecule has 4 heteroatoms. The van der Waals surface area contributed by atoms with E-state index in [0.29, 0.717) is 6.04 Å². The summed E-state index contributed by atoms with van der Waals surface area (Å²) in [6.07, 6.45) is 1.10. The molecule has 2 heterocycles. The van der Waals surface area contributed by atoms with Crippen molar-refractivity contribution < 1.29 is 0 Å². The molecule has 0 saturated heterocycles. The lowest BCUT2D eigenvalue weighted by molar-refractivity contribution is 0.709. The van der Waals surface area contributed by atoms with E-state index in [1.807, 2.05) is 18.4 Å². The van der Waals surface area contributed by atoms with Crippen LogP contribution >= 0.6 is 38.6 Å². The minimum absolute atomic E-state index is 0.339. The topological polar surface area (TPSA) is 12.0 Å². The van der Waals surface area contributed by atoms with Gasteiger partial charge in [-0.25, -0.2) is 0 Å². The second-order valence-electron chi connectivity index (χ2n) is 3.53. The fourth-order valence-corrected chi connectivity index (χ4v) is 4.52. The summed E-state index contributed by atoms with van der Waals surface area (Å²) in [5.41, 5.74) is 1.45. The quantitative estimate of drug-likeness (QED) is 0.879. The predicted molar refractivity (Wildman–Crippen MR) is 76.6 cm³/mol. The zero-order valence-electron chi connectivity index (χ0n) is 9.29. The van der Waals surface area contributed by atoms with E-state index in [1.54, 1.807) is 11.3 Å². The van der Waals surface area contributed by atoms with Crippen LogP contribution < -0.4 is 5.32 Å². The van der Waals surface area contributed by atoms with Crippen LogP contribution in [0.2, 0.25) is 0 Å². The zero-order chi connectivity index (χ0) is 11.5. The molecule has 1 N–H and O–H groups in total. The van der Waals surface area contributed by atoms with Crippen LogP contribution in [0.5, 0.6) is 0 Å². The van der Waals surface area contributed by atoms with E-state index in [4.69, 9.17) is 0 Å². The number of rotatable bonds is 4. The number of thiophene rings is 2. The van der Waals surface area contributed by atoms with Crippen molar-refractivity contribution >= 4 is 38.6 Å². The summed E-state index contributed by atoms with van der Waals surface area (Å²) in [5.74, 6) is 0. The SMILES string of the molecule is CCc1ccsc1C(NC)c1ccc(Br)s1. The van der Waals surface area contributed by atoms with Crippen LogP contribution in [-0.4, -0.2) is 7.05 Å². The van der Waals surface area contributed by atoms with E-state index < -0.39 is 0 Å². The standard InChI is InChI=1S/C12H14BrNS2/c1-3-8-6-7-15-12(8)11(14-2)9-4-5-10(13)16-9/h4-7,11,14H,3H2,1-2H3. The Balaban J connectivity index is 2.36. The first-order valence-electron chi connectivity index (χ1n) is 5.25. The Kier molecular flexibility index (Phi) is 4.19. The average Bonchev–Trinajstić information content (AvgIpc) is 2.89. The van der Waals surface area contributed by atoms with Gasteiger partial charge in [0.05, 0.1) is 9.83 Å². The van der Waals surface area contributed by atoms with E-state index in [1.165, 1.54) is 19.1 Å². The molecule has 2 rings (SSSR count). The van der Waals surface area contributed by atoms with Crippen molar-refractivity contribution in [3.8, 4) is 0 Å². The van der Waals surface area contributed by atoms with Gasteiger partial charge in [0.25, 0.3) is 0 Å². The molecule has 0 amide bonds. The highest BCUT2D eigenvalue weighted by Crippen LogP contribution is 2.35. The highest BCUT2D eigenvalue weighted by molar-refractivity contribution is 9.11. The summed E-state index contributed by atoms with van der Waals surface area (Å²) >= 11 is 7.16. The first kappa shape index (κ1) is 12.3. The number of halogens is 1. The molecule has 2 aromatic heterocycles. The van der Waals surface area contributed by atoms with Crippen molar-refractivity contribution in [2.75, 3.05) is 7.05 Å². The highest BCUT2D eigenvalue weighted by Gasteiger charge is 2.17. The summed E-state index contributed by atoms with van der Waals surface area (Å²) in [4.78, 5) is 2.81. The lowest BCUT2D eigenvalue weighted by Gasteiger charge is -2.14. The fourth-order valence-electron chi connectivity index (χ4n) is 1.78. The van der Waals surface area contributed by atoms with Crippen LogP contribution in [0.15, 0.2) is 27.4 Å². The smallest absolute Gasteiger partial charge is 0.0765 e. The summed E-state index contributed by atoms with van der Waals surface area (Å²) in [6.45, 7) is 2.21. The van der Waals surface area contributed by atoms with Gasteiger partial charge in [-0.05, 0) is 58.5 Å². The molecule has 0 aliphatic carbocycles. The molecule has 0 aromatic carbocycles. The minimum Gasteiger partial charge on any atom is -0.308 e. The van der Waals surface area contributed by atoms with Gasteiger partial charge in [-0.1, -0.05) is 6.92 Å². The number of hydrogen-bond acceptors (Lipinski definition) is 3. The van der Waals surface area contributed by atoms with Gasteiger partial charge in [0, 0.05) is 9.75 Å². The molecule has 1 unspecified atom stereocenters. The molecule has 0 saturated carbocycles. The number of nitrogens with one attached hydrogen (secondary N) is 1. The minimum atomic E-state index is 0.339. The van der Waals surface area contributed by atoms with Crippen LogP contribution in [-0.2, 0) is 6.42 Å². The Hall–Kier alpha value is -0.160. The second kappa shape index (κ2) is 5.45. The van der Waals surface area contributed by atoms with Gasteiger partial charge < -0.3 is 5.32 Å². The molecular formula is C12H14BrNS2. The molecule has 1 atom stereocenters. The summed E-state index contributed by atoms with van der Waals surface area (Å²) < 4.78 is 1.19. The molecule has 0 aliphatic heterocycles. The molecule has 16 heavy (non-hydrogen) atoms. The molecule has 0 bridgehead atoms. The number of aryl methyl sites for hydroxylation is 1. The molecule has 1 nitrogen and oxygen atoms in total. The Morgan fingerprint density at radius 3 is 2.75 bits per heavy atom. The van der Waals surface area contributed by atoms with Crippen molar-refractivity contribution in [2.24, 2.45) is 0 Å². The zero-order valence-corrected chi connectivity index (χ0v) is 12.5. The van der Waals surface area contributed by atoms with Gasteiger partial charge in [-0.3, -0.25) is 0 Å². The molecule has 0 fully saturated rings. The van der Waals surface area contributed by atoms with Crippen LogP contribution in [0.1, 0.15) is 28.3 Å². The maximum absolute atomic E-state index is 3.52. The monoisotopic (exact) mass is 315 g/mol. The lowest BCUT2D eigenvalue weighted by Crippen LogP contribution is -2.16. The van der Waals surface area contributed by atoms with Gasteiger partial charge in [-0.15, -0.1) is 22.7 Å². The Labute approximate surface area is 113 Å². The van der Waals surface area contributed by atoms with Crippen LogP contribution in [0.3, 0.4) is 0 Å². The second-order valence-corrected chi connectivity index (χ2v) is 6.97. The maximum Gasteiger partial charge on any atom is 0.0765 e. The predicted octanol–water partition coefficient (Wildman–Crippen LogP) is 4.44. The molecular weight excluding hydrogens is 302 g/mol. The third-order valence-corrected chi connectivity index (χ3v) is 5.30. The van der Waals surface area contributed by atoms with E-state index in [-0.39, 0.29) is 0 Å². The highest BCUT2D eigenvalue weighted by atomic mass is 79.9. The summed E-state index contributed by atoms with van der Waals surface area (Å²) in [6, 6.07) is 6.87. The van der Waals surface area contributed by atoms with Crippen LogP contribution in [0, 0.1) is 0 Å². The van der Waals surface area contributed by atoms with Gasteiger partial charge in [0.1, 0.15) is 0 Å². The van der Waals surface area contributed by atoms with E-state index in [9.17, 15) is 0 Å². The maximum atomic E-state index is 3.52. The average molecular weight is 316 g/mol. The van der Waals surface area contributed by atoms with E-state index >= 15 is 0 Å². The van der Waals surface area contributed by atoms with E-state index in [2.05, 4.69) is 51.7 Å². The van der Waals surface area contributed by atoms with Crippen molar-refractivity contribution in [2.45, 2.75) is 19.4 Å². The fraction of sp³-hybridized carbons (Fsp3) is 0.333. The summed E-state index contributed by atoms with van der Waals surface area (Å²) in [7, 11) is 2.03. The summed E-state index contributed by atoms with van der Waals surface area (Å²) in [5, 5.41) is 5.59. The van der Waals surface area contributed by atoms with Crippen molar-refractivity contribution in [3.63, 3.8) is 0 Å². The largest absolute Gasteiger partial charge is 0.308 e. The molecule has 0 radical (unpaired) electrons. The normalized spacial score (nSPS) is 12.9. The molecule has 0 spiro atoms. The third kappa shape index (κ3) is 2.40. The lowest BCUT2D eigenvalue weighted by atomic mass is 10.1. The first-order chi connectivity index (χ1) is 7.76. The Morgan fingerprint density at radius 2 is 2.19 bits per heavy atom. The van der Waals surface area contributed by atoms with Crippen molar-refractivity contribution in [1.29, 1.82) is 0 Å². The van der Waals surface area contributed by atoms with E-state index in [0.717, 1.165) is 6.42 Å². The van der Waals surface area contributed by atoms with Crippen LogP contribution in [0.4, 0.5) is 0 Å². The first-order valence-corrected chi connectivity index (χ1v) is 7.74. The number of hydrogen-bond donors (Lipinski definition) is 1. The van der Waals surface area contributed by atoms with Crippen LogP contribution in [0.25, 0.3) is 0 Å². The van der Waals surface area contributed by atoms with Crippen molar-refractivity contribution in [3.05, 3.63) is 42.7 Å². The van der Waals surface area contributed by atoms with Gasteiger partial charge >= 0.3 is 0 Å². The Bertz CT molecular complexity index is 461. The molecule has 0 aliphatic rings. The van der Waals surface area contributed by atoms with Gasteiger partial charge in [-0.2, -0.15) is 0 Å². The molecule has 2 aromatic rings. The van der Waals surface area contributed by atoms with Gasteiger partial charge in [0.2, 0.25) is 0 Å². The Morgan fingerprint density at radius 1 is 1.38 bits per heavy atom.